The number of carbonyl (C=O) groups is 1. The van der Waals surface area contributed by atoms with E-state index < -0.39 is 17.5 Å². The molecule has 2 heterocycles. The zero-order valence-electron chi connectivity index (χ0n) is 13.1. The van der Waals surface area contributed by atoms with Crippen molar-refractivity contribution in [1.82, 2.24) is 10.2 Å². The molecule has 1 aromatic rings. The summed E-state index contributed by atoms with van der Waals surface area (Å²) >= 11 is 0. The number of amides is 1. The average molecular weight is 332 g/mol. The van der Waals surface area contributed by atoms with Gasteiger partial charge in [0.1, 0.15) is 0 Å². The minimum absolute atomic E-state index is 0.367. The Bertz CT molecular complexity index is 680. The van der Waals surface area contributed by atoms with E-state index in [0.717, 1.165) is 44.6 Å². The zero-order chi connectivity index (χ0) is 17.2. The summed E-state index contributed by atoms with van der Waals surface area (Å²) in [4.78, 5) is 17.4. The van der Waals surface area contributed by atoms with Crippen LogP contribution in [0.4, 0.5) is 0 Å². The second-order valence-electron chi connectivity index (χ2n) is 5.76. The number of aliphatic imine (C=N–C) groups is 1. The fraction of sp³-hybridized carbons (Fsp3) is 0.375. The van der Waals surface area contributed by atoms with Gasteiger partial charge < -0.3 is 26.0 Å². The van der Waals surface area contributed by atoms with Gasteiger partial charge in [0.15, 0.2) is 11.5 Å². The van der Waals surface area contributed by atoms with Crippen molar-refractivity contribution in [3.05, 3.63) is 47.4 Å². The van der Waals surface area contributed by atoms with Crippen LogP contribution in [-0.4, -0.2) is 53.0 Å². The van der Waals surface area contributed by atoms with Gasteiger partial charge in [-0.3, -0.25) is 9.69 Å². The molecule has 1 aromatic carbocycles. The minimum Gasteiger partial charge on any atom is -0.504 e. The van der Waals surface area contributed by atoms with Gasteiger partial charge in [-0.15, -0.1) is 0 Å². The number of nitrogens with one attached hydrogen (secondary N) is 1. The van der Waals surface area contributed by atoms with Crippen LogP contribution in [-0.2, 0) is 21.9 Å². The first kappa shape index (κ1) is 16.4. The van der Waals surface area contributed by atoms with Crippen molar-refractivity contribution in [3.8, 4) is 0 Å². The molecule has 1 atom stereocenters. The molecule has 5 N–H and O–H groups in total. The minimum atomic E-state index is -1.84. The molecule has 2 aliphatic heterocycles. The van der Waals surface area contributed by atoms with Crippen LogP contribution in [0.15, 0.2) is 41.2 Å². The molecular weight excluding hydrogens is 312 g/mol. The number of carbonyl (C=O) groups excluding carboxylic acids is 1. The Kier molecular flexibility index (Phi) is 4.52. The van der Waals surface area contributed by atoms with Gasteiger partial charge >= 0.3 is 0 Å². The molecule has 0 spiro atoms. The lowest BCUT2D eigenvalue weighted by Gasteiger charge is -2.29. The van der Waals surface area contributed by atoms with Gasteiger partial charge in [-0.1, -0.05) is 24.3 Å². The third kappa shape index (κ3) is 3.40. The number of benzene rings is 1. The molecule has 1 amide bonds. The number of hydrogen-bond acceptors (Lipinski definition) is 7. The molecular formula is C16H20N4O4. The van der Waals surface area contributed by atoms with Crippen LogP contribution in [0.2, 0.25) is 0 Å². The van der Waals surface area contributed by atoms with Gasteiger partial charge in [-0.25, -0.2) is 4.99 Å². The van der Waals surface area contributed by atoms with Crippen LogP contribution in [0, 0.1) is 0 Å². The van der Waals surface area contributed by atoms with E-state index >= 15 is 0 Å². The van der Waals surface area contributed by atoms with Crippen molar-refractivity contribution in [2.45, 2.75) is 12.4 Å². The monoisotopic (exact) mass is 332 g/mol. The van der Waals surface area contributed by atoms with Gasteiger partial charge in [0.25, 0.3) is 11.8 Å². The third-order valence-electron chi connectivity index (χ3n) is 4.03. The van der Waals surface area contributed by atoms with E-state index in [1.54, 1.807) is 12.1 Å². The Balaban J connectivity index is 1.76. The van der Waals surface area contributed by atoms with Crippen LogP contribution >= 0.6 is 0 Å². The quantitative estimate of drug-likeness (QED) is 0.593. The molecule has 128 valence electrons. The van der Waals surface area contributed by atoms with Crippen LogP contribution < -0.4 is 11.1 Å². The zero-order valence-corrected chi connectivity index (χ0v) is 13.1. The predicted octanol–water partition coefficient (Wildman–Crippen LogP) is -0.450. The number of aliphatic hydroxyl groups is 2. The number of aliphatic hydroxyl groups excluding tert-OH is 1. The molecule has 8 heteroatoms. The topological polar surface area (TPSA) is 120 Å². The predicted molar refractivity (Wildman–Crippen MR) is 86.9 cm³/mol. The van der Waals surface area contributed by atoms with Gasteiger partial charge in [0.05, 0.1) is 13.2 Å². The maximum Gasteiger partial charge on any atom is 0.270 e. The first-order chi connectivity index (χ1) is 11.5. The highest BCUT2D eigenvalue weighted by atomic mass is 16.5. The Hall–Kier alpha value is -2.42. The highest BCUT2D eigenvalue weighted by Gasteiger charge is 2.33. The van der Waals surface area contributed by atoms with Crippen molar-refractivity contribution in [1.29, 1.82) is 0 Å². The van der Waals surface area contributed by atoms with Gasteiger partial charge in [0.2, 0.25) is 0 Å². The Morgan fingerprint density at radius 1 is 1.33 bits per heavy atom. The van der Waals surface area contributed by atoms with E-state index in [1.165, 1.54) is 0 Å². The fourth-order valence-electron chi connectivity index (χ4n) is 2.68. The molecule has 0 aliphatic carbocycles. The Morgan fingerprint density at radius 2 is 2.00 bits per heavy atom. The smallest absolute Gasteiger partial charge is 0.270 e. The van der Waals surface area contributed by atoms with E-state index in [0.29, 0.717) is 5.56 Å². The first-order valence-corrected chi connectivity index (χ1v) is 7.67. The molecule has 1 saturated heterocycles. The Labute approximate surface area is 139 Å². The Morgan fingerprint density at radius 3 is 2.62 bits per heavy atom. The summed E-state index contributed by atoms with van der Waals surface area (Å²) in [7, 11) is 0. The molecule has 0 radical (unpaired) electrons. The van der Waals surface area contributed by atoms with E-state index in [1.807, 2.05) is 12.1 Å². The van der Waals surface area contributed by atoms with Crippen LogP contribution in [0.25, 0.3) is 0 Å². The second-order valence-corrected chi connectivity index (χ2v) is 5.76. The van der Waals surface area contributed by atoms with Crippen LogP contribution in [0.3, 0.4) is 0 Å². The van der Waals surface area contributed by atoms with E-state index in [-0.39, 0.29) is 5.71 Å². The number of hydrogen-bond donors (Lipinski definition) is 4. The number of morpholine rings is 1. The highest BCUT2D eigenvalue weighted by molar-refractivity contribution is 6.44. The SMILES string of the molecule is NC(=O)C1=NC(O)(c2ccc(CN3CCOCC3)cc2)NC=C1O. The molecule has 8 nitrogen and oxygen atoms in total. The maximum atomic E-state index is 11.3. The molecule has 0 bridgehead atoms. The largest absolute Gasteiger partial charge is 0.504 e. The van der Waals surface area contributed by atoms with Crippen molar-refractivity contribution in [2.24, 2.45) is 10.7 Å². The lowest BCUT2D eigenvalue weighted by molar-refractivity contribution is -0.112. The van der Waals surface area contributed by atoms with Crippen LogP contribution in [0.1, 0.15) is 11.1 Å². The summed E-state index contributed by atoms with van der Waals surface area (Å²) in [5.74, 6) is -3.16. The van der Waals surface area contributed by atoms with E-state index in [4.69, 9.17) is 10.5 Å². The summed E-state index contributed by atoms with van der Waals surface area (Å²) in [6.07, 6.45) is 1.11. The van der Waals surface area contributed by atoms with Gasteiger partial charge in [-0.2, -0.15) is 0 Å². The summed E-state index contributed by atoms with van der Waals surface area (Å²) < 4.78 is 5.33. The summed E-state index contributed by atoms with van der Waals surface area (Å²) in [5.41, 5.74) is 6.33. The number of nitrogens with two attached hydrogens (primary N) is 1. The van der Waals surface area contributed by atoms with E-state index in [2.05, 4.69) is 15.2 Å². The van der Waals surface area contributed by atoms with E-state index in [9.17, 15) is 15.0 Å². The van der Waals surface area contributed by atoms with Crippen molar-refractivity contribution < 1.29 is 19.7 Å². The normalized spacial score (nSPS) is 24.7. The fourth-order valence-corrected chi connectivity index (χ4v) is 2.68. The third-order valence-corrected chi connectivity index (χ3v) is 4.03. The van der Waals surface area contributed by atoms with Gasteiger partial charge in [0, 0.05) is 31.4 Å². The summed E-state index contributed by atoms with van der Waals surface area (Å²) in [5, 5.41) is 22.8. The summed E-state index contributed by atoms with van der Waals surface area (Å²) in [6, 6.07) is 7.23. The number of primary amides is 1. The first-order valence-electron chi connectivity index (χ1n) is 7.67. The molecule has 3 rings (SSSR count). The second kappa shape index (κ2) is 6.60. The number of nitrogens with zero attached hydrogens (tertiary/aromatic N) is 2. The molecule has 2 aliphatic rings. The van der Waals surface area contributed by atoms with Crippen LogP contribution in [0.5, 0.6) is 0 Å². The summed E-state index contributed by atoms with van der Waals surface area (Å²) in [6.45, 7) is 4.06. The molecule has 24 heavy (non-hydrogen) atoms. The molecule has 0 aromatic heterocycles. The average Bonchev–Trinajstić information content (AvgIpc) is 2.58. The maximum absolute atomic E-state index is 11.3. The lowest BCUT2D eigenvalue weighted by Crippen LogP contribution is -2.44. The molecule has 1 fully saturated rings. The van der Waals surface area contributed by atoms with Crippen molar-refractivity contribution >= 4 is 11.6 Å². The number of rotatable bonds is 4. The standard InChI is InChI=1S/C16H20N4O4/c17-15(22)14-13(21)9-18-16(23,19-14)12-3-1-11(2-4-12)10-20-5-7-24-8-6-20/h1-4,9,18,21,23H,5-8,10H2,(H2,17,22). The highest BCUT2D eigenvalue weighted by Crippen LogP contribution is 2.24. The molecule has 1 unspecified atom stereocenters. The van der Waals surface area contributed by atoms with Crippen molar-refractivity contribution in [3.63, 3.8) is 0 Å². The van der Waals surface area contributed by atoms with Crippen molar-refractivity contribution in [2.75, 3.05) is 26.3 Å². The molecule has 0 saturated carbocycles. The lowest BCUT2D eigenvalue weighted by atomic mass is 10.1. The number of ether oxygens (including phenoxy) is 1. The van der Waals surface area contributed by atoms with Gasteiger partial charge in [-0.05, 0) is 5.56 Å².